The van der Waals surface area contributed by atoms with Gasteiger partial charge in [0.25, 0.3) is 0 Å². The number of rotatable bonds is 6. The fraction of sp³-hybridized carbons (Fsp3) is 1.00. The number of hydrogen-bond acceptors (Lipinski definition) is 0. The lowest BCUT2D eigenvalue weighted by molar-refractivity contribution is 0.560. The molecule has 0 amide bonds. The van der Waals surface area contributed by atoms with Gasteiger partial charge < -0.3 is 0 Å². The first-order valence-electron chi connectivity index (χ1n) is 5.38. The maximum Gasteiger partial charge on any atom is -0.0383 e. The van der Waals surface area contributed by atoms with Crippen molar-refractivity contribution in [2.75, 3.05) is 0 Å². The maximum absolute atomic E-state index is 2.31. The van der Waals surface area contributed by atoms with E-state index in [1.54, 1.807) is 6.42 Å². The molecule has 0 bridgehead atoms. The van der Waals surface area contributed by atoms with Gasteiger partial charge in [0.05, 0.1) is 0 Å². The molecule has 0 aliphatic heterocycles. The molecule has 1 rings (SSSR count). The Morgan fingerprint density at radius 3 is 2.27 bits per heavy atom. The second kappa shape index (κ2) is 4.79. The van der Waals surface area contributed by atoms with Crippen LogP contribution in [0.3, 0.4) is 0 Å². The zero-order valence-corrected chi connectivity index (χ0v) is 8.10. The standard InChI is InChI=1S/C11H22/c1-3-5-6-8-11-9-10(11)7-4-2/h10-11H,3-9H2,1-2H3. The van der Waals surface area contributed by atoms with E-state index in [-0.39, 0.29) is 0 Å². The normalized spacial score (nSPS) is 28.9. The minimum Gasteiger partial charge on any atom is -0.0654 e. The van der Waals surface area contributed by atoms with Crippen LogP contribution < -0.4 is 0 Å². The maximum atomic E-state index is 2.31. The van der Waals surface area contributed by atoms with Gasteiger partial charge in [0.1, 0.15) is 0 Å². The molecular formula is C11H22. The van der Waals surface area contributed by atoms with E-state index in [0.29, 0.717) is 0 Å². The topological polar surface area (TPSA) is 0 Å². The van der Waals surface area contributed by atoms with Gasteiger partial charge in [-0.15, -0.1) is 0 Å². The molecule has 1 aliphatic carbocycles. The zero-order valence-electron chi connectivity index (χ0n) is 8.10. The van der Waals surface area contributed by atoms with Crippen molar-refractivity contribution in [2.24, 2.45) is 11.8 Å². The van der Waals surface area contributed by atoms with Crippen molar-refractivity contribution in [1.29, 1.82) is 0 Å². The SMILES string of the molecule is CCCCCC1CC1CCC. The molecule has 66 valence electrons. The summed E-state index contributed by atoms with van der Waals surface area (Å²) in [5, 5.41) is 0. The Balaban J connectivity index is 1.87. The highest BCUT2D eigenvalue weighted by atomic mass is 14.4. The largest absolute Gasteiger partial charge is 0.0654 e. The van der Waals surface area contributed by atoms with E-state index < -0.39 is 0 Å². The minimum atomic E-state index is 1.14. The highest BCUT2D eigenvalue weighted by Gasteiger charge is 2.34. The van der Waals surface area contributed by atoms with E-state index in [4.69, 9.17) is 0 Å². The summed E-state index contributed by atoms with van der Waals surface area (Å²) in [5.74, 6) is 2.28. The monoisotopic (exact) mass is 154 g/mol. The van der Waals surface area contributed by atoms with Gasteiger partial charge in [0.2, 0.25) is 0 Å². The predicted molar refractivity (Wildman–Crippen MR) is 50.6 cm³/mol. The second-order valence-corrected chi connectivity index (χ2v) is 4.04. The van der Waals surface area contributed by atoms with Gasteiger partial charge in [-0.05, 0) is 18.3 Å². The van der Waals surface area contributed by atoms with E-state index in [9.17, 15) is 0 Å². The highest BCUT2D eigenvalue weighted by molar-refractivity contribution is 4.85. The fourth-order valence-corrected chi connectivity index (χ4v) is 2.04. The molecular weight excluding hydrogens is 132 g/mol. The average Bonchev–Trinajstić information content (AvgIpc) is 2.70. The van der Waals surface area contributed by atoms with Crippen LogP contribution in [0.15, 0.2) is 0 Å². The first kappa shape index (κ1) is 9.09. The Kier molecular flexibility index (Phi) is 3.96. The first-order chi connectivity index (χ1) is 5.38. The Labute approximate surface area is 71.4 Å². The van der Waals surface area contributed by atoms with E-state index in [1.165, 1.54) is 38.5 Å². The van der Waals surface area contributed by atoms with Crippen LogP contribution in [0.4, 0.5) is 0 Å². The Bertz CT molecular complexity index is 96.2. The van der Waals surface area contributed by atoms with Crippen molar-refractivity contribution in [3.8, 4) is 0 Å². The predicted octanol–water partition coefficient (Wildman–Crippen LogP) is 4.00. The van der Waals surface area contributed by atoms with Crippen molar-refractivity contribution in [3.05, 3.63) is 0 Å². The van der Waals surface area contributed by atoms with E-state index in [2.05, 4.69) is 13.8 Å². The summed E-state index contributed by atoms with van der Waals surface area (Å²) in [6.45, 7) is 4.60. The van der Waals surface area contributed by atoms with Crippen LogP contribution in [0.5, 0.6) is 0 Å². The molecule has 0 saturated heterocycles. The van der Waals surface area contributed by atoms with Crippen molar-refractivity contribution < 1.29 is 0 Å². The van der Waals surface area contributed by atoms with Crippen molar-refractivity contribution in [1.82, 2.24) is 0 Å². The third-order valence-electron chi connectivity index (χ3n) is 2.91. The molecule has 1 fully saturated rings. The van der Waals surface area contributed by atoms with Crippen LogP contribution in [0.1, 0.15) is 58.8 Å². The molecule has 1 saturated carbocycles. The molecule has 2 unspecified atom stereocenters. The number of unbranched alkanes of at least 4 members (excludes halogenated alkanes) is 2. The molecule has 0 spiro atoms. The molecule has 2 atom stereocenters. The van der Waals surface area contributed by atoms with Gasteiger partial charge in [-0.25, -0.2) is 0 Å². The lowest BCUT2D eigenvalue weighted by Gasteiger charge is -1.97. The Morgan fingerprint density at radius 2 is 1.64 bits per heavy atom. The summed E-state index contributed by atoms with van der Waals surface area (Å²) in [6.07, 6.45) is 10.3. The molecule has 11 heavy (non-hydrogen) atoms. The molecule has 0 nitrogen and oxygen atoms in total. The minimum absolute atomic E-state index is 1.14. The summed E-state index contributed by atoms with van der Waals surface area (Å²) in [5.41, 5.74) is 0. The molecule has 0 heteroatoms. The average molecular weight is 154 g/mol. The van der Waals surface area contributed by atoms with Crippen LogP contribution in [0.2, 0.25) is 0 Å². The Hall–Kier alpha value is 0. The van der Waals surface area contributed by atoms with Crippen LogP contribution in [0, 0.1) is 11.8 Å². The lowest BCUT2D eigenvalue weighted by atomic mass is 10.1. The molecule has 0 aromatic rings. The smallest absolute Gasteiger partial charge is 0.0383 e. The second-order valence-electron chi connectivity index (χ2n) is 4.04. The zero-order chi connectivity index (χ0) is 8.10. The number of hydrogen-bond donors (Lipinski definition) is 0. The van der Waals surface area contributed by atoms with E-state index in [0.717, 1.165) is 11.8 Å². The van der Waals surface area contributed by atoms with E-state index in [1.807, 2.05) is 0 Å². The van der Waals surface area contributed by atoms with Crippen molar-refractivity contribution in [2.45, 2.75) is 58.8 Å². The van der Waals surface area contributed by atoms with Crippen molar-refractivity contribution >= 4 is 0 Å². The summed E-state index contributed by atoms with van der Waals surface area (Å²) in [7, 11) is 0. The summed E-state index contributed by atoms with van der Waals surface area (Å²) in [6, 6.07) is 0. The van der Waals surface area contributed by atoms with Crippen molar-refractivity contribution in [3.63, 3.8) is 0 Å². The van der Waals surface area contributed by atoms with Crippen LogP contribution in [0.25, 0.3) is 0 Å². The van der Waals surface area contributed by atoms with Gasteiger partial charge >= 0.3 is 0 Å². The molecule has 0 heterocycles. The molecule has 0 aromatic carbocycles. The Morgan fingerprint density at radius 1 is 0.909 bits per heavy atom. The van der Waals surface area contributed by atoms with Gasteiger partial charge in [-0.1, -0.05) is 52.4 Å². The third-order valence-corrected chi connectivity index (χ3v) is 2.91. The van der Waals surface area contributed by atoms with Crippen LogP contribution in [-0.2, 0) is 0 Å². The van der Waals surface area contributed by atoms with Crippen LogP contribution >= 0.6 is 0 Å². The molecule has 0 N–H and O–H groups in total. The molecule has 0 radical (unpaired) electrons. The summed E-state index contributed by atoms with van der Waals surface area (Å²) in [4.78, 5) is 0. The van der Waals surface area contributed by atoms with Gasteiger partial charge in [0.15, 0.2) is 0 Å². The lowest BCUT2D eigenvalue weighted by Crippen LogP contribution is -1.83. The van der Waals surface area contributed by atoms with Gasteiger partial charge in [0, 0.05) is 0 Å². The van der Waals surface area contributed by atoms with Gasteiger partial charge in [-0.2, -0.15) is 0 Å². The quantitative estimate of drug-likeness (QED) is 0.507. The summed E-state index contributed by atoms with van der Waals surface area (Å²) >= 11 is 0. The molecule has 0 aromatic heterocycles. The van der Waals surface area contributed by atoms with Gasteiger partial charge in [-0.3, -0.25) is 0 Å². The third kappa shape index (κ3) is 3.27. The first-order valence-corrected chi connectivity index (χ1v) is 5.38. The molecule has 1 aliphatic rings. The summed E-state index contributed by atoms with van der Waals surface area (Å²) < 4.78 is 0. The van der Waals surface area contributed by atoms with E-state index >= 15 is 0 Å². The fourth-order valence-electron chi connectivity index (χ4n) is 2.04. The highest BCUT2D eigenvalue weighted by Crippen LogP contribution is 2.45. The van der Waals surface area contributed by atoms with Crippen LogP contribution in [-0.4, -0.2) is 0 Å².